The average Bonchev–Trinajstić information content (AvgIpc) is 2.20. The molecule has 0 atom stereocenters. The van der Waals surface area contributed by atoms with E-state index < -0.39 is 0 Å². The summed E-state index contributed by atoms with van der Waals surface area (Å²) in [6.07, 6.45) is 10.7. The van der Waals surface area contributed by atoms with Gasteiger partial charge in [0.2, 0.25) is 0 Å². The summed E-state index contributed by atoms with van der Waals surface area (Å²) >= 11 is 3.37. The van der Waals surface area contributed by atoms with Crippen molar-refractivity contribution in [2.24, 2.45) is 0 Å². The number of pyridine rings is 1. The Morgan fingerprint density at radius 2 is 2.15 bits per heavy atom. The molecule has 0 amide bonds. The van der Waals surface area contributed by atoms with E-state index in [-0.39, 0.29) is 0 Å². The minimum atomic E-state index is 1.02. The third-order valence-electron chi connectivity index (χ3n) is 2.02. The van der Waals surface area contributed by atoms with Crippen LogP contribution in [0, 0.1) is 0 Å². The third-order valence-corrected chi connectivity index (χ3v) is 2.49. The fourth-order valence-electron chi connectivity index (χ4n) is 1.35. The first-order valence-corrected chi connectivity index (χ1v) is 5.14. The lowest BCUT2D eigenvalue weighted by Gasteiger charge is -2.05. The first-order valence-electron chi connectivity index (χ1n) is 4.35. The maximum absolute atomic E-state index is 4.34. The van der Waals surface area contributed by atoms with Crippen molar-refractivity contribution in [3.63, 3.8) is 0 Å². The molecule has 1 aromatic heterocycles. The molecule has 1 aliphatic carbocycles. The molecule has 1 aliphatic rings. The van der Waals surface area contributed by atoms with Gasteiger partial charge < -0.3 is 0 Å². The van der Waals surface area contributed by atoms with Gasteiger partial charge in [-0.1, -0.05) is 18.2 Å². The monoisotopic (exact) mass is 235 g/mol. The van der Waals surface area contributed by atoms with Gasteiger partial charge in [0, 0.05) is 10.7 Å². The van der Waals surface area contributed by atoms with Crippen LogP contribution in [0.25, 0.3) is 5.57 Å². The Morgan fingerprint density at radius 3 is 2.77 bits per heavy atom. The van der Waals surface area contributed by atoms with Crippen molar-refractivity contribution < 1.29 is 0 Å². The number of hydrogen-bond donors (Lipinski definition) is 0. The van der Waals surface area contributed by atoms with Crippen molar-refractivity contribution in [2.45, 2.75) is 12.8 Å². The molecule has 2 heteroatoms. The molecule has 0 aromatic carbocycles. The van der Waals surface area contributed by atoms with Crippen molar-refractivity contribution in [3.05, 3.63) is 46.7 Å². The quantitative estimate of drug-likeness (QED) is 0.726. The Hall–Kier alpha value is -0.890. The summed E-state index contributed by atoms with van der Waals surface area (Å²) in [5.41, 5.74) is 2.29. The summed E-state index contributed by atoms with van der Waals surface area (Å²) in [7, 11) is 0. The van der Waals surface area contributed by atoms with Crippen LogP contribution in [0.3, 0.4) is 0 Å². The Bertz CT molecular complexity index is 349. The summed E-state index contributed by atoms with van der Waals surface area (Å²) < 4.78 is 1.02. The van der Waals surface area contributed by atoms with Gasteiger partial charge in [0.25, 0.3) is 0 Å². The maximum atomic E-state index is 4.34. The third kappa shape index (κ3) is 2.07. The molecule has 0 bridgehead atoms. The van der Waals surface area contributed by atoms with Gasteiger partial charge >= 0.3 is 0 Å². The van der Waals surface area contributed by atoms with Crippen molar-refractivity contribution in [1.29, 1.82) is 0 Å². The molecule has 1 nitrogen and oxygen atoms in total. The molecule has 1 heterocycles. The van der Waals surface area contributed by atoms with Crippen molar-refractivity contribution >= 4 is 21.5 Å². The van der Waals surface area contributed by atoms with Crippen molar-refractivity contribution in [3.8, 4) is 0 Å². The lowest BCUT2D eigenvalue weighted by Crippen LogP contribution is -1.88. The highest BCUT2D eigenvalue weighted by atomic mass is 79.9. The number of aromatic nitrogens is 1. The maximum Gasteiger partial charge on any atom is 0.0699 e. The van der Waals surface area contributed by atoms with E-state index in [2.05, 4.69) is 39.1 Å². The second-order valence-electron chi connectivity index (χ2n) is 3.00. The largest absolute Gasteiger partial charge is 0.255 e. The number of allylic oxidation sites excluding steroid dienone is 4. The first-order chi connectivity index (χ1) is 6.36. The molecule has 13 heavy (non-hydrogen) atoms. The van der Waals surface area contributed by atoms with Gasteiger partial charge in [0.1, 0.15) is 0 Å². The number of rotatable bonds is 1. The van der Waals surface area contributed by atoms with Gasteiger partial charge in [-0.05, 0) is 46.5 Å². The number of halogens is 1. The molecule has 0 radical (unpaired) electrons. The van der Waals surface area contributed by atoms with Crippen LogP contribution in [-0.2, 0) is 0 Å². The summed E-state index contributed by atoms with van der Waals surface area (Å²) in [5.74, 6) is 0. The van der Waals surface area contributed by atoms with E-state index in [1.54, 1.807) is 0 Å². The Balaban J connectivity index is 2.30. The minimum Gasteiger partial charge on any atom is -0.255 e. The molecule has 1 aromatic rings. The number of hydrogen-bond acceptors (Lipinski definition) is 1. The van der Waals surface area contributed by atoms with Gasteiger partial charge in [-0.15, -0.1) is 0 Å². The molecule has 0 saturated heterocycles. The summed E-state index contributed by atoms with van der Waals surface area (Å²) in [5, 5.41) is 0. The molecule has 66 valence electrons. The fraction of sp³-hybridized carbons (Fsp3) is 0.182. The zero-order valence-electron chi connectivity index (χ0n) is 7.20. The summed E-state index contributed by atoms with van der Waals surface area (Å²) in [4.78, 5) is 4.34. The van der Waals surface area contributed by atoms with Gasteiger partial charge in [0.05, 0.1) is 5.69 Å². The van der Waals surface area contributed by atoms with E-state index in [9.17, 15) is 0 Å². The van der Waals surface area contributed by atoms with E-state index in [0.29, 0.717) is 0 Å². The van der Waals surface area contributed by atoms with Crippen molar-refractivity contribution in [2.75, 3.05) is 0 Å². The molecule has 0 spiro atoms. The Labute approximate surface area is 86.3 Å². The highest BCUT2D eigenvalue weighted by Crippen LogP contribution is 2.20. The summed E-state index contributed by atoms with van der Waals surface area (Å²) in [6.45, 7) is 0. The van der Waals surface area contributed by atoms with E-state index in [1.807, 2.05) is 18.3 Å². The zero-order chi connectivity index (χ0) is 9.10. The van der Waals surface area contributed by atoms with Gasteiger partial charge in [-0.2, -0.15) is 0 Å². The van der Waals surface area contributed by atoms with Crippen molar-refractivity contribution in [1.82, 2.24) is 4.98 Å². The molecular formula is C11H10BrN. The predicted octanol–water partition coefficient (Wildman–Crippen LogP) is 3.58. The van der Waals surface area contributed by atoms with Crippen LogP contribution in [-0.4, -0.2) is 4.98 Å². The Morgan fingerprint density at radius 1 is 1.23 bits per heavy atom. The molecular weight excluding hydrogens is 226 g/mol. The van der Waals surface area contributed by atoms with E-state index >= 15 is 0 Å². The normalized spacial score (nSPS) is 15.6. The van der Waals surface area contributed by atoms with Crippen LogP contribution in [0.15, 0.2) is 41.0 Å². The minimum absolute atomic E-state index is 1.02. The molecule has 2 rings (SSSR count). The predicted molar refractivity (Wildman–Crippen MR) is 58.3 cm³/mol. The second kappa shape index (κ2) is 3.88. The average molecular weight is 236 g/mol. The SMILES string of the molecule is Brc1ccc(C2=CCCC=C2)nc1. The summed E-state index contributed by atoms with van der Waals surface area (Å²) in [6, 6.07) is 4.05. The smallest absolute Gasteiger partial charge is 0.0699 e. The topological polar surface area (TPSA) is 12.9 Å². The van der Waals surface area contributed by atoms with Gasteiger partial charge in [-0.3, -0.25) is 4.98 Å². The van der Waals surface area contributed by atoms with Gasteiger partial charge in [0.15, 0.2) is 0 Å². The lowest BCUT2D eigenvalue weighted by molar-refractivity contribution is 1.04. The van der Waals surface area contributed by atoms with Crippen LogP contribution in [0.1, 0.15) is 18.5 Å². The zero-order valence-corrected chi connectivity index (χ0v) is 8.79. The number of nitrogens with zero attached hydrogens (tertiary/aromatic N) is 1. The van der Waals surface area contributed by atoms with E-state index in [4.69, 9.17) is 0 Å². The van der Waals surface area contributed by atoms with Crippen LogP contribution in [0.4, 0.5) is 0 Å². The Kier molecular flexibility index (Phi) is 2.60. The van der Waals surface area contributed by atoms with Crippen LogP contribution in [0.2, 0.25) is 0 Å². The highest BCUT2D eigenvalue weighted by molar-refractivity contribution is 9.10. The molecule has 0 saturated carbocycles. The van der Waals surface area contributed by atoms with Crippen LogP contribution in [0.5, 0.6) is 0 Å². The molecule has 0 fully saturated rings. The highest BCUT2D eigenvalue weighted by Gasteiger charge is 2.01. The standard InChI is InChI=1S/C11H10BrN/c12-10-6-7-11(13-8-10)9-4-2-1-3-5-9/h2,4-8H,1,3H2. The van der Waals surface area contributed by atoms with Crippen LogP contribution >= 0.6 is 15.9 Å². The van der Waals surface area contributed by atoms with Gasteiger partial charge in [-0.25, -0.2) is 0 Å². The molecule has 0 aliphatic heterocycles. The van der Waals surface area contributed by atoms with E-state index in [0.717, 1.165) is 23.0 Å². The molecule has 0 unspecified atom stereocenters. The fourth-order valence-corrected chi connectivity index (χ4v) is 1.58. The second-order valence-corrected chi connectivity index (χ2v) is 3.92. The lowest BCUT2D eigenvalue weighted by atomic mass is 10.0. The molecule has 0 N–H and O–H groups in total. The van der Waals surface area contributed by atoms with Crippen LogP contribution < -0.4 is 0 Å². The van der Waals surface area contributed by atoms with E-state index in [1.165, 1.54) is 5.57 Å². The first kappa shape index (κ1) is 8.70.